The van der Waals surface area contributed by atoms with E-state index in [1.165, 1.54) is 6.42 Å². The lowest BCUT2D eigenvalue weighted by Gasteiger charge is -2.25. The van der Waals surface area contributed by atoms with Crippen LogP contribution >= 0.6 is 0 Å². The lowest BCUT2D eigenvalue weighted by Crippen LogP contribution is -2.34. The fraction of sp³-hybridized carbons (Fsp3) is 0.385. The molecule has 1 amide bonds. The number of rotatable bonds is 2. The molecule has 2 heterocycles. The van der Waals surface area contributed by atoms with E-state index >= 15 is 0 Å². The Morgan fingerprint density at radius 2 is 2.06 bits per heavy atom. The molecule has 1 aromatic heterocycles. The van der Waals surface area contributed by atoms with Crippen LogP contribution in [0.25, 0.3) is 6.08 Å². The molecule has 1 saturated heterocycles. The van der Waals surface area contributed by atoms with Crippen molar-refractivity contribution in [2.75, 3.05) is 13.1 Å². The third-order valence-corrected chi connectivity index (χ3v) is 2.75. The van der Waals surface area contributed by atoms with Crippen molar-refractivity contribution in [2.45, 2.75) is 19.3 Å². The summed E-state index contributed by atoms with van der Waals surface area (Å²) >= 11 is 0. The summed E-state index contributed by atoms with van der Waals surface area (Å²) < 4.78 is 0. The van der Waals surface area contributed by atoms with Crippen LogP contribution in [0.3, 0.4) is 0 Å². The second-order valence-corrected chi connectivity index (χ2v) is 3.97. The highest BCUT2D eigenvalue weighted by atomic mass is 16.2. The molecule has 1 fully saturated rings. The van der Waals surface area contributed by atoms with Crippen LogP contribution in [0.1, 0.15) is 25.0 Å². The average Bonchev–Trinajstić information content (AvgIpc) is 2.38. The van der Waals surface area contributed by atoms with Gasteiger partial charge in [-0.1, -0.05) is 6.07 Å². The number of hydrogen-bond donors (Lipinski definition) is 0. The number of piperidine rings is 1. The van der Waals surface area contributed by atoms with Gasteiger partial charge in [0.25, 0.3) is 0 Å². The molecular formula is C13H16N2O. The quantitative estimate of drug-likeness (QED) is 0.709. The summed E-state index contributed by atoms with van der Waals surface area (Å²) in [5, 5.41) is 0. The molecule has 1 aliphatic heterocycles. The highest BCUT2D eigenvalue weighted by Gasteiger charge is 2.13. The van der Waals surface area contributed by atoms with E-state index in [-0.39, 0.29) is 5.91 Å². The van der Waals surface area contributed by atoms with Gasteiger partial charge in [-0.15, -0.1) is 0 Å². The number of pyridine rings is 1. The van der Waals surface area contributed by atoms with Crippen LogP contribution in [0, 0.1) is 0 Å². The Morgan fingerprint density at radius 3 is 2.75 bits per heavy atom. The Balaban J connectivity index is 1.93. The molecule has 0 spiro atoms. The van der Waals surface area contributed by atoms with Crippen LogP contribution in [-0.2, 0) is 4.79 Å². The smallest absolute Gasteiger partial charge is 0.246 e. The van der Waals surface area contributed by atoms with Gasteiger partial charge in [-0.25, -0.2) is 0 Å². The molecule has 3 nitrogen and oxygen atoms in total. The minimum absolute atomic E-state index is 0.102. The predicted molar refractivity (Wildman–Crippen MR) is 63.7 cm³/mol. The topological polar surface area (TPSA) is 33.2 Å². The Hall–Kier alpha value is -1.64. The van der Waals surface area contributed by atoms with E-state index in [1.54, 1.807) is 18.3 Å². The lowest BCUT2D eigenvalue weighted by molar-refractivity contribution is -0.126. The largest absolute Gasteiger partial charge is 0.339 e. The van der Waals surface area contributed by atoms with E-state index in [4.69, 9.17) is 0 Å². The first-order valence-corrected chi connectivity index (χ1v) is 5.74. The van der Waals surface area contributed by atoms with E-state index in [0.29, 0.717) is 0 Å². The predicted octanol–water partition coefficient (Wildman–Crippen LogP) is 2.11. The second-order valence-electron chi connectivity index (χ2n) is 3.97. The number of likely N-dealkylation sites (tertiary alicyclic amines) is 1. The summed E-state index contributed by atoms with van der Waals surface area (Å²) in [5.41, 5.74) is 0.827. The molecule has 0 bridgehead atoms. The third-order valence-electron chi connectivity index (χ3n) is 2.75. The third kappa shape index (κ3) is 2.92. The van der Waals surface area contributed by atoms with Crippen LogP contribution in [0.15, 0.2) is 30.5 Å². The van der Waals surface area contributed by atoms with Crippen molar-refractivity contribution in [2.24, 2.45) is 0 Å². The van der Waals surface area contributed by atoms with Crippen molar-refractivity contribution in [3.8, 4) is 0 Å². The monoisotopic (exact) mass is 216 g/mol. The first kappa shape index (κ1) is 10.9. The van der Waals surface area contributed by atoms with Gasteiger partial charge >= 0.3 is 0 Å². The molecule has 0 saturated carbocycles. The number of aromatic nitrogens is 1. The zero-order chi connectivity index (χ0) is 11.2. The SMILES string of the molecule is O=C(/C=C/c1ccccn1)N1CCCCC1. The standard InChI is InChI=1S/C13H16N2O/c16-13(15-10-4-1-5-11-15)8-7-12-6-2-3-9-14-12/h2-3,6-9H,1,4-5,10-11H2/b8-7+. The van der Waals surface area contributed by atoms with Gasteiger partial charge in [0, 0.05) is 25.4 Å². The summed E-state index contributed by atoms with van der Waals surface area (Å²) in [6.07, 6.45) is 8.62. The van der Waals surface area contributed by atoms with Crippen molar-refractivity contribution < 1.29 is 4.79 Å². The average molecular weight is 216 g/mol. The number of carbonyl (C=O) groups is 1. The summed E-state index contributed by atoms with van der Waals surface area (Å²) in [5.74, 6) is 0.102. The van der Waals surface area contributed by atoms with Gasteiger partial charge in [-0.3, -0.25) is 9.78 Å². The van der Waals surface area contributed by atoms with Crippen molar-refractivity contribution >= 4 is 12.0 Å². The van der Waals surface area contributed by atoms with Gasteiger partial charge in [-0.2, -0.15) is 0 Å². The van der Waals surface area contributed by atoms with E-state index in [9.17, 15) is 4.79 Å². The summed E-state index contributed by atoms with van der Waals surface area (Å²) in [6, 6.07) is 5.67. The number of nitrogens with zero attached hydrogens (tertiary/aromatic N) is 2. The Labute approximate surface area is 95.8 Å². The van der Waals surface area contributed by atoms with Gasteiger partial charge in [0.15, 0.2) is 0 Å². The van der Waals surface area contributed by atoms with Crippen LogP contribution in [0.5, 0.6) is 0 Å². The maximum Gasteiger partial charge on any atom is 0.246 e. The minimum atomic E-state index is 0.102. The fourth-order valence-corrected chi connectivity index (χ4v) is 1.85. The van der Waals surface area contributed by atoms with Crippen molar-refractivity contribution in [1.82, 2.24) is 9.88 Å². The fourth-order valence-electron chi connectivity index (χ4n) is 1.85. The Kier molecular flexibility index (Phi) is 3.70. The maximum atomic E-state index is 11.8. The molecule has 1 aromatic rings. The highest BCUT2D eigenvalue weighted by molar-refractivity contribution is 5.91. The molecule has 16 heavy (non-hydrogen) atoms. The molecular weight excluding hydrogens is 200 g/mol. The summed E-state index contributed by atoms with van der Waals surface area (Å²) in [7, 11) is 0. The van der Waals surface area contributed by atoms with Crippen molar-refractivity contribution in [3.63, 3.8) is 0 Å². The Morgan fingerprint density at radius 1 is 1.25 bits per heavy atom. The first-order valence-electron chi connectivity index (χ1n) is 5.74. The van der Waals surface area contributed by atoms with Crippen LogP contribution in [0.4, 0.5) is 0 Å². The van der Waals surface area contributed by atoms with Gasteiger partial charge in [0.05, 0.1) is 5.69 Å². The number of carbonyl (C=O) groups excluding carboxylic acids is 1. The molecule has 1 aliphatic rings. The van der Waals surface area contributed by atoms with Crippen LogP contribution in [-0.4, -0.2) is 28.9 Å². The van der Waals surface area contributed by atoms with Crippen LogP contribution < -0.4 is 0 Å². The maximum absolute atomic E-state index is 11.8. The van der Waals surface area contributed by atoms with E-state index in [1.807, 2.05) is 23.1 Å². The second kappa shape index (κ2) is 5.45. The van der Waals surface area contributed by atoms with E-state index in [2.05, 4.69) is 4.98 Å². The van der Waals surface area contributed by atoms with E-state index < -0.39 is 0 Å². The van der Waals surface area contributed by atoms with Gasteiger partial charge in [0.1, 0.15) is 0 Å². The van der Waals surface area contributed by atoms with Crippen molar-refractivity contribution in [1.29, 1.82) is 0 Å². The van der Waals surface area contributed by atoms with Gasteiger partial charge < -0.3 is 4.90 Å². The van der Waals surface area contributed by atoms with E-state index in [0.717, 1.165) is 31.6 Å². The summed E-state index contributed by atoms with van der Waals surface area (Å²) in [4.78, 5) is 17.8. The highest BCUT2D eigenvalue weighted by Crippen LogP contribution is 2.09. The molecule has 2 rings (SSSR count). The molecule has 0 N–H and O–H groups in total. The lowest BCUT2D eigenvalue weighted by atomic mass is 10.1. The molecule has 0 unspecified atom stereocenters. The molecule has 0 aromatic carbocycles. The molecule has 0 aliphatic carbocycles. The normalized spacial score (nSPS) is 16.6. The molecule has 0 radical (unpaired) electrons. The molecule has 3 heteroatoms. The van der Waals surface area contributed by atoms with Gasteiger partial charge in [-0.05, 0) is 37.5 Å². The van der Waals surface area contributed by atoms with Crippen molar-refractivity contribution in [3.05, 3.63) is 36.2 Å². The number of amides is 1. The molecule has 0 atom stereocenters. The summed E-state index contributed by atoms with van der Waals surface area (Å²) in [6.45, 7) is 1.79. The number of hydrogen-bond acceptors (Lipinski definition) is 2. The zero-order valence-electron chi connectivity index (χ0n) is 9.30. The minimum Gasteiger partial charge on any atom is -0.339 e. The van der Waals surface area contributed by atoms with Crippen LogP contribution in [0.2, 0.25) is 0 Å². The first-order chi connectivity index (χ1) is 7.86. The van der Waals surface area contributed by atoms with Gasteiger partial charge in [0.2, 0.25) is 5.91 Å². The molecule has 84 valence electrons. The Bertz CT molecular complexity index is 367. The zero-order valence-corrected chi connectivity index (χ0v) is 9.30.